The second-order valence-electron chi connectivity index (χ2n) is 5.43. The molecule has 1 fully saturated rings. The first-order valence-electron chi connectivity index (χ1n) is 7.07. The fourth-order valence-corrected chi connectivity index (χ4v) is 2.23. The molecule has 0 aromatic carbocycles. The molecule has 8 heteroatoms. The van der Waals surface area contributed by atoms with Crippen molar-refractivity contribution in [2.75, 3.05) is 32.8 Å². The molecule has 8 nitrogen and oxygen atoms in total. The van der Waals surface area contributed by atoms with E-state index in [9.17, 15) is 4.79 Å². The Bertz CT molecular complexity index is 468. The summed E-state index contributed by atoms with van der Waals surface area (Å²) in [5.74, 6) is 0.628. The molecule has 0 atom stereocenters. The number of morpholine rings is 1. The van der Waals surface area contributed by atoms with Crippen LogP contribution >= 0.6 is 0 Å². The molecule has 0 aliphatic carbocycles. The number of ether oxygens (including phenoxy) is 1. The van der Waals surface area contributed by atoms with E-state index >= 15 is 0 Å². The summed E-state index contributed by atoms with van der Waals surface area (Å²) in [6, 6.07) is 0. The van der Waals surface area contributed by atoms with E-state index in [1.54, 1.807) is 0 Å². The van der Waals surface area contributed by atoms with Gasteiger partial charge in [0, 0.05) is 26.1 Å². The number of carbonyl (C=O) groups excluding carboxylic acids is 1. The molecular weight excluding hydrogens is 276 g/mol. The smallest absolute Gasteiger partial charge is 0.252 e. The Kier molecular flexibility index (Phi) is 5.27. The van der Waals surface area contributed by atoms with Gasteiger partial charge >= 0.3 is 0 Å². The van der Waals surface area contributed by atoms with E-state index in [0.717, 1.165) is 13.1 Å². The Morgan fingerprint density at radius 2 is 2.14 bits per heavy atom. The van der Waals surface area contributed by atoms with Gasteiger partial charge in [-0.15, -0.1) is 0 Å². The Morgan fingerprint density at radius 1 is 1.43 bits per heavy atom. The van der Waals surface area contributed by atoms with Crippen LogP contribution in [0.25, 0.3) is 0 Å². The van der Waals surface area contributed by atoms with Crippen LogP contribution < -0.4 is 5.32 Å². The molecule has 2 N–H and O–H groups in total. The topological polar surface area (TPSA) is 101 Å². The van der Waals surface area contributed by atoms with Gasteiger partial charge in [-0.05, 0) is 13.8 Å². The van der Waals surface area contributed by atoms with Crippen LogP contribution in [0.2, 0.25) is 0 Å². The van der Waals surface area contributed by atoms with Gasteiger partial charge in [-0.2, -0.15) is 4.98 Å². The second kappa shape index (κ2) is 6.97. The first kappa shape index (κ1) is 15.9. The molecule has 1 aromatic rings. The first-order valence-corrected chi connectivity index (χ1v) is 7.07. The maximum Gasteiger partial charge on any atom is 0.252 e. The third-order valence-corrected chi connectivity index (χ3v) is 3.64. The Labute approximate surface area is 123 Å². The van der Waals surface area contributed by atoms with Gasteiger partial charge < -0.3 is 19.7 Å². The summed E-state index contributed by atoms with van der Waals surface area (Å²) in [5.41, 5.74) is -0.572. The van der Waals surface area contributed by atoms with Crippen LogP contribution in [0.3, 0.4) is 0 Å². The van der Waals surface area contributed by atoms with Crippen LogP contribution in [0.5, 0.6) is 0 Å². The maximum atomic E-state index is 12.3. The molecule has 0 saturated carbocycles. The van der Waals surface area contributed by atoms with E-state index in [1.165, 1.54) is 0 Å². The average Bonchev–Trinajstić information content (AvgIpc) is 2.96. The number of nitrogens with one attached hydrogen (secondary N) is 1. The monoisotopic (exact) mass is 298 g/mol. The highest BCUT2D eigenvalue weighted by molar-refractivity contribution is 5.85. The molecule has 2 rings (SSSR count). The summed E-state index contributed by atoms with van der Waals surface area (Å²) in [7, 11) is 0. The molecule has 1 amide bonds. The number of carbonyl (C=O) groups is 1. The van der Waals surface area contributed by atoms with Crippen LogP contribution in [0.15, 0.2) is 4.52 Å². The zero-order chi connectivity index (χ0) is 15.3. The number of aliphatic hydroxyl groups excluding tert-OH is 1. The molecule has 1 aliphatic rings. The van der Waals surface area contributed by atoms with E-state index in [2.05, 4.69) is 20.4 Å². The van der Waals surface area contributed by atoms with E-state index in [4.69, 9.17) is 14.4 Å². The lowest BCUT2D eigenvalue weighted by atomic mass is 10.0. The fourth-order valence-electron chi connectivity index (χ4n) is 2.23. The lowest BCUT2D eigenvalue weighted by Gasteiger charge is -2.39. The maximum absolute atomic E-state index is 12.3. The highest BCUT2D eigenvalue weighted by atomic mass is 16.5. The predicted molar refractivity (Wildman–Crippen MR) is 73.4 cm³/mol. The summed E-state index contributed by atoms with van der Waals surface area (Å²) in [4.78, 5) is 18.4. The number of hydrogen-bond acceptors (Lipinski definition) is 7. The van der Waals surface area contributed by atoms with E-state index < -0.39 is 5.54 Å². The minimum atomic E-state index is -0.572. The lowest BCUT2D eigenvalue weighted by molar-refractivity contribution is -0.134. The second-order valence-corrected chi connectivity index (χ2v) is 5.43. The van der Waals surface area contributed by atoms with E-state index in [0.29, 0.717) is 32.0 Å². The van der Waals surface area contributed by atoms with Crippen molar-refractivity contribution in [1.29, 1.82) is 0 Å². The van der Waals surface area contributed by atoms with Crippen molar-refractivity contribution in [3.63, 3.8) is 0 Å². The molecule has 0 spiro atoms. The lowest BCUT2D eigenvalue weighted by Crippen LogP contribution is -2.58. The number of amides is 1. The number of aromatic nitrogens is 2. The Balaban J connectivity index is 1.80. The molecule has 118 valence electrons. The van der Waals surface area contributed by atoms with Crippen LogP contribution in [-0.2, 0) is 22.6 Å². The third kappa shape index (κ3) is 3.99. The van der Waals surface area contributed by atoms with Gasteiger partial charge in [0.25, 0.3) is 5.89 Å². The molecule has 0 unspecified atom stereocenters. The van der Waals surface area contributed by atoms with Crippen LogP contribution in [0.1, 0.15) is 25.6 Å². The number of nitrogens with zero attached hydrogens (tertiary/aromatic N) is 3. The van der Waals surface area contributed by atoms with Crippen molar-refractivity contribution in [3.8, 4) is 0 Å². The highest BCUT2D eigenvalue weighted by Crippen LogP contribution is 2.16. The highest BCUT2D eigenvalue weighted by Gasteiger charge is 2.35. The van der Waals surface area contributed by atoms with E-state index in [1.807, 2.05) is 13.8 Å². The van der Waals surface area contributed by atoms with Crippen molar-refractivity contribution < 1.29 is 19.2 Å². The molecule has 1 aromatic heterocycles. The Morgan fingerprint density at radius 3 is 2.76 bits per heavy atom. The molecule has 0 bridgehead atoms. The van der Waals surface area contributed by atoms with Gasteiger partial charge in [0.2, 0.25) is 5.91 Å². The largest absolute Gasteiger partial charge is 0.387 e. The molecule has 0 radical (unpaired) electrons. The van der Waals surface area contributed by atoms with Crippen LogP contribution in [0.4, 0.5) is 0 Å². The van der Waals surface area contributed by atoms with Crippen molar-refractivity contribution in [3.05, 3.63) is 11.7 Å². The van der Waals surface area contributed by atoms with E-state index in [-0.39, 0.29) is 18.4 Å². The fraction of sp³-hybridized carbons (Fsp3) is 0.769. The summed E-state index contributed by atoms with van der Waals surface area (Å²) >= 11 is 0. The Hall–Kier alpha value is -1.51. The molecule has 21 heavy (non-hydrogen) atoms. The molecule has 1 saturated heterocycles. The number of aliphatic hydroxyl groups is 1. The van der Waals surface area contributed by atoms with Crippen molar-refractivity contribution in [2.24, 2.45) is 0 Å². The molecule has 1 aliphatic heterocycles. The molecular formula is C13H22N4O4. The normalized spacial score (nSPS) is 16.9. The number of hydrogen-bond donors (Lipinski definition) is 2. The third-order valence-electron chi connectivity index (χ3n) is 3.64. The quantitative estimate of drug-likeness (QED) is 0.718. The minimum absolute atomic E-state index is 0.0322. The first-order chi connectivity index (χ1) is 10.0. The minimum Gasteiger partial charge on any atom is -0.387 e. The van der Waals surface area contributed by atoms with Gasteiger partial charge in [-0.3, -0.25) is 9.69 Å². The predicted octanol–water partition coefficient (Wildman–Crippen LogP) is -0.669. The van der Waals surface area contributed by atoms with Crippen molar-refractivity contribution in [1.82, 2.24) is 20.4 Å². The zero-order valence-corrected chi connectivity index (χ0v) is 12.5. The zero-order valence-electron chi connectivity index (χ0n) is 12.5. The van der Waals surface area contributed by atoms with Crippen LogP contribution in [0, 0.1) is 0 Å². The summed E-state index contributed by atoms with van der Waals surface area (Å²) in [6.45, 7) is 6.79. The van der Waals surface area contributed by atoms with Gasteiger partial charge in [0.1, 0.15) is 6.61 Å². The van der Waals surface area contributed by atoms with Gasteiger partial charge in [-0.1, -0.05) is 5.16 Å². The van der Waals surface area contributed by atoms with Gasteiger partial charge in [0.05, 0.1) is 18.8 Å². The summed E-state index contributed by atoms with van der Waals surface area (Å²) in [6.07, 6.45) is 0.467. The SMILES string of the molecule is CC(C)(C(=O)NCCc1noc(CO)n1)N1CCOCC1. The summed E-state index contributed by atoms with van der Waals surface area (Å²) < 4.78 is 10.1. The van der Waals surface area contributed by atoms with Gasteiger partial charge in [0.15, 0.2) is 5.82 Å². The van der Waals surface area contributed by atoms with Crippen LogP contribution in [-0.4, -0.2) is 64.4 Å². The summed E-state index contributed by atoms with van der Waals surface area (Å²) in [5, 5.41) is 15.4. The number of rotatable bonds is 6. The van der Waals surface area contributed by atoms with Gasteiger partial charge in [-0.25, -0.2) is 0 Å². The molecule has 2 heterocycles. The standard InChI is InChI=1S/C13H22N4O4/c1-13(2,17-5-7-20-8-6-17)12(19)14-4-3-10-15-11(9-18)21-16-10/h18H,3-9H2,1-2H3,(H,14,19). The average molecular weight is 298 g/mol. The van der Waals surface area contributed by atoms with Crippen molar-refractivity contribution >= 4 is 5.91 Å². The van der Waals surface area contributed by atoms with Crippen molar-refractivity contribution in [2.45, 2.75) is 32.4 Å².